The largest absolute Gasteiger partial charge is 0.404 e. The molecule has 2 heterocycles. The average Bonchev–Trinajstić information content (AvgIpc) is 3.01. The number of nitrogens with one attached hydrogen (secondary N) is 2. The van der Waals surface area contributed by atoms with E-state index in [1.165, 1.54) is 6.20 Å². The molecule has 8 nitrogen and oxygen atoms in total. The second-order valence-electron chi connectivity index (χ2n) is 7.61. The van der Waals surface area contributed by atoms with Crippen molar-refractivity contribution in [3.63, 3.8) is 0 Å². The number of carbonyl (C=O) groups is 1. The smallest absolute Gasteiger partial charge is 0.255 e. The van der Waals surface area contributed by atoms with Gasteiger partial charge in [0.05, 0.1) is 23.5 Å². The Morgan fingerprint density at radius 3 is 2.85 bits per heavy atom. The molecule has 6 N–H and O–H groups in total. The normalized spacial score (nSPS) is 23.0. The standard InChI is InChI=1S/C19H29N7O/c1-11(2)8-22-9-12(7-20)17-16-15(10-23-18(16)27)25-19(26-17)24-14-6-4-3-5-13(14)21/h7,9,11,13-14H,3-6,8,10,20-21H2,1-2H3,(H,23,27)(H,24,25,26)/t13-,14+/m0/s1. The van der Waals surface area contributed by atoms with Crippen molar-refractivity contribution in [3.05, 3.63) is 23.2 Å². The lowest BCUT2D eigenvalue weighted by atomic mass is 9.91. The first-order chi connectivity index (χ1) is 13.0. The van der Waals surface area contributed by atoms with E-state index in [-0.39, 0.29) is 18.0 Å². The third kappa shape index (κ3) is 4.44. The predicted octanol–water partition coefficient (Wildman–Crippen LogP) is 1.43. The van der Waals surface area contributed by atoms with E-state index in [1.54, 1.807) is 6.21 Å². The summed E-state index contributed by atoms with van der Waals surface area (Å²) in [5, 5.41) is 6.18. The zero-order chi connectivity index (χ0) is 19.4. The summed E-state index contributed by atoms with van der Waals surface area (Å²) in [7, 11) is 0. The summed E-state index contributed by atoms with van der Waals surface area (Å²) >= 11 is 0. The van der Waals surface area contributed by atoms with Crippen molar-refractivity contribution in [2.45, 2.75) is 58.2 Å². The van der Waals surface area contributed by atoms with Crippen molar-refractivity contribution < 1.29 is 4.79 Å². The van der Waals surface area contributed by atoms with Crippen molar-refractivity contribution in [1.82, 2.24) is 15.3 Å². The number of fused-ring (bicyclic) bond motifs is 1. The molecule has 0 radical (unpaired) electrons. The highest BCUT2D eigenvalue weighted by atomic mass is 16.1. The molecule has 1 aromatic heterocycles. The van der Waals surface area contributed by atoms with Crippen molar-refractivity contribution in [1.29, 1.82) is 0 Å². The van der Waals surface area contributed by atoms with Crippen LogP contribution in [0, 0.1) is 5.92 Å². The van der Waals surface area contributed by atoms with E-state index >= 15 is 0 Å². The highest BCUT2D eigenvalue weighted by Crippen LogP contribution is 2.26. The molecule has 0 saturated heterocycles. The fraction of sp³-hybridized carbons (Fsp3) is 0.579. The molecule has 146 valence electrons. The number of nitrogens with zero attached hydrogens (tertiary/aromatic N) is 3. The third-order valence-corrected chi connectivity index (χ3v) is 4.92. The molecule has 1 fully saturated rings. The maximum atomic E-state index is 12.3. The first kappa shape index (κ1) is 19.3. The SMILES string of the molecule is CC(C)CN=CC(=CN)c1nc(N[C@@H]2CCCC[C@@H]2N)nc2c1C(=O)NC2. The van der Waals surface area contributed by atoms with Gasteiger partial charge in [-0.15, -0.1) is 0 Å². The van der Waals surface area contributed by atoms with Crippen LogP contribution in [-0.4, -0.2) is 40.7 Å². The van der Waals surface area contributed by atoms with Gasteiger partial charge >= 0.3 is 0 Å². The number of hydrogen-bond donors (Lipinski definition) is 4. The second kappa shape index (κ2) is 8.47. The van der Waals surface area contributed by atoms with Gasteiger partial charge < -0.3 is 22.1 Å². The monoisotopic (exact) mass is 371 g/mol. The van der Waals surface area contributed by atoms with Crippen molar-refractivity contribution in [2.24, 2.45) is 22.4 Å². The summed E-state index contributed by atoms with van der Waals surface area (Å²) in [4.78, 5) is 25.9. The summed E-state index contributed by atoms with van der Waals surface area (Å²) in [5.74, 6) is 0.737. The topological polar surface area (TPSA) is 131 Å². The van der Waals surface area contributed by atoms with E-state index in [2.05, 4.69) is 39.4 Å². The molecule has 0 bridgehead atoms. The number of carbonyl (C=O) groups excluding carboxylic acids is 1. The fourth-order valence-electron chi connectivity index (χ4n) is 3.45. The minimum absolute atomic E-state index is 0.0796. The first-order valence-corrected chi connectivity index (χ1v) is 9.63. The lowest BCUT2D eigenvalue weighted by Gasteiger charge is -2.29. The molecule has 0 aromatic carbocycles. The molecule has 1 amide bonds. The van der Waals surface area contributed by atoms with Gasteiger partial charge in [0.2, 0.25) is 5.95 Å². The van der Waals surface area contributed by atoms with Crippen molar-refractivity contribution >= 4 is 23.6 Å². The number of amides is 1. The molecule has 2 atom stereocenters. The van der Waals surface area contributed by atoms with Crippen LogP contribution in [-0.2, 0) is 6.54 Å². The number of aromatic nitrogens is 2. The molecule has 1 aromatic rings. The maximum absolute atomic E-state index is 12.3. The number of rotatable bonds is 6. The Balaban J connectivity index is 1.93. The molecule has 27 heavy (non-hydrogen) atoms. The minimum Gasteiger partial charge on any atom is -0.404 e. The van der Waals surface area contributed by atoms with E-state index in [1.807, 2.05) is 0 Å². The van der Waals surface area contributed by atoms with Crippen LogP contribution in [0.5, 0.6) is 0 Å². The zero-order valence-corrected chi connectivity index (χ0v) is 16.0. The maximum Gasteiger partial charge on any atom is 0.255 e. The Morgan fingerprint density at radius 2 is 2.15 bits per heavy atom. The van der Waals surface area contributed by atoms with Gasteiger partial charge in [0.15, 0.2) is 0 Å². The molecule has 1 saturated carbocycles. The number of hydrogen-bond acceptors (Lipinski definition) is 7. The Kier molecular flexibility index (Phi) is 6.05. The molecule has 1 aliphatic heterocycles. The van der Waals surface area contributed by atoms with E-state index in [0.717, 1.165) is 25.7 Å². The van der Waals surface area contributed by atoms with Crippen molar-refractivity contribution in [2.75, 3.05) is 11.9 Å². The molecule has 1 aliphatic carbocycles. The van der Waals surface area contributed by atoms with Crippen LogP contribution in [0.15, 0.2) is 11.2 Å². The van der Waals surface area contributed by atoms with Gasteiger partial charge in [-0.25, -0.2) is 9.97 Å². The van der Waals surface area contributed by atoms with Gasteiger partial charge in [0, 0.05) is 36.6 Å². The van der Waals surface area contributed by atoms with E-state index in [9.17, 15) is 4.79 Å². The molecular weight excluding hydrogens is 342 g/mol. The van der Waals surface area contributed by atoms with E-state index < -0.39 is 0 Å². The summed E-state index contributed by atoms with van der Waals surface area (Å²) in [6.45, 7) is 5.25. The molecule has 0 unspecified atom stereocenters. The van der Waals surface area contributed by atoms with E-state index in [4.69, 9.17) is 11.5 Å². The van der Waals surface area contributed by atoms with Gasteiger partial charge in [-0.2, -0.15) is 0 Å². The summed E-state index contributed by atoms with van der Waals surface area (Å²) in [5.41, 5.74) is 14.3. The van der Waals surface area contributed by atoms with E-state index in [0.29, 0.717) is 47.5 Å². The lowest BCUT2D eigenvalue weighted by Crippen LogP contribution is -2.43. The highest BCUT2D eigenvalue weighted by molar-refractivity contribution is 6.14. The second-order valence-corrected chi connectivity index (χ2v) is 7.61. The number of anilines is 1. The summed E-state index contributed by atoms with van der Waals surface area (Å²) in [6, 6.07) is 0.213. The molecule has 8 heteroatoms. The predicted molar refractivity (Wildman–Crippen MR) is 107 cm³/mol. The van der Waals surface area contributed by atoms with Crippen LogP contribution in [0.25, 0.3) is 5.57 Å². The summed E-state index contributed by atoms with van der Waals surface area (Å²) in [6.07, 6.45) is 7.40. The van der Waals surface area contributed by atoms with Crippen molar-refractivity contribution in [3.8, 4) is 0 Å². The average molecular weight is 371 g/mol. The van der Waals surface area contributed by atoms with Crippen LogP contribution in [0.2, 0.25) is 0 Å². The van der Waals surface area contributed by atoms with Gasteiger partial charge in [0.1, 0.15) is 0 Å². The molecular formula is C19H29N7O. The number of nitrogens with two attached hydrogens (primary N) is 2. The third-order valence-electron chi connectivity index (χ3n) is 4.92. The fourth-order valence-corrected chi connectivity index (χ4v) is 3.45. The van der Waals surface area contributed by atoms with Gasteiger partial charge in [-0.1, -0.05) is 26.7 Å². The van der Waals surface area contributed by atoms with Gasteiger partial charge in [-0.05, 0) is 18.8 Å². The Bertz CT molecular complexity index is 757. The number of allylic oxidation sites excluding steroid dienone is 1. The lowest BCUT2D eigenvalue weighted by molar-refractivity contribution is 0.0965. The Hall–Kier alpha value is -2.48. The zero-order valence-electron chi connectivity index (χ0n) is 16.0. The Morgan fingerprint density at radius 1 is 1.37 bits per heavy atom. The molecule has 2 aliphatic rings. The first-order valence-electron chi connectivity index (χ1n) is 9.63. The highest BCUT2D eigenvalue weighted by Gasteiger charge is 2.29. The summed E-state index contributed by atoms with van der Waals surface area (Å²) < 4.78 is 0. The van der Waals surface area contributed by atoms with Gasteiger partial charge in [-0.3, -0.25) is 9.79 Å². The van der Waals surface area contributed by atoms with Gasteiger partial charge in [0.25, 0.3) is 5.91 Å². The Labute approximate surface area is 159 Å². The minimum atomic E-state index is -0.183. The van der Waals surface area contributed by atoms with Crippen LogP contribution in [0.1, 0.15) is 61.3 Å². The quantitative estimate of drug-likeness (QED) is 0.559. The molecule has 0 spiro atoms. The molecule has 3 rings (SSSR count). The van der Waals surface area contributed by atoms with Crippen LogP contribution < -0.4 is 22.1 Å². The van der Waals surface area contributed by atoms with Crippen LogP contribution in [0.4, 0.5) is 5.95 Å². The van der Waals surface area contributed by atoms with Crippen LogP contribution in [0.3, 0.4) is 0 Å². The number of aliphatic imine (C=N–C) groups is 1. The van der Waals surface area contributed by atoms with Crippen LogP contribution >= 0.6 is 0 Å².